The van der Waals surface area contributed by atoms with Crippen molar-refractivity contribution >= 4 is 16.8 Å². The molecule has 1 unspecified atom stereocenters. The number of amides is 1. The number of hydrogen-bond donors (Lipinski definition) is 2. The molecule has 1 aliphatic rings. The van der Waals surface area contributed by atoms with Crippen LogP contribution in [-0.2, 0) is 4.79 Å². The lowest BCUT2D eigenvalue weighted by Gasteiger charge is -2.34. The number of nitrogens with zero attached hydrogens (tertiary/aromatic N) is 2. The zero-order chi connectivity index (χ0) is 23.0. The summed E-state index contributed by atoms with van der Waals surface area (Å²) in [4.78, 5) is 23.0. The smallest absolute Gasteiger partial charge is 0.239 e. The summed E-state index contributed by atoms with van der Waals surface area (Å²) in [6.45, 7) is 12.2. The van der Waals surface area contributed by atoms with Crippen molar-refractivity contribution < 1.29 is 4.79 Å². The fourth-order valence-corrected chi connectivity index (χ4v) is 5.14. The lowest BCUT2D eigenvalue weighted by molar-refractivity contribution is -0.134. The van der Waals surface area contributed by atoms with E-state index in [0.29, 0.717) is 11.8 Å². The Morgan fingerprint density at radius 2 is 1.88 bits per heavy atom. The van der Waals surface area contributed by atoms with Crippen LogP contribution in [0.1, 0.15) is 68.0 Å². The van der Waals surface area contributed by atoms with E-state index in [0.717, 1.165) is 37.3 Å². The van der Waals surface area contributed by atoms with Crippen LogP contribution >= 0.6 is 0 Å². The number of likely N-dealkylation sites (tertiary alicyclic amines) is 1. The van der Waals surface area contributed by atoms with Crippen LogP contribution in [-0.4, -0.2) is 47.0 Å². The number of aryl methyl sites for hydroxylation is 2. The zero-order valence-corrected chi connectivity index (χ0v) is 20.2. The van der Waals surface area contributed by atoms with E-state index in [4.69, 9.17) is 0 Å². The molecule has 0 aliphatic carbocycles. The molecular weight excluding hydrogens is 396 g/mol. The van der Waals surface area contributed by atoms with E-state index in [1.54, 1.807) is 0 Å². The van der Waals surface area contributed by atoms with Crippen LogP contribution in [0.3, 0.4) is 0 Å². The van der Waals surface area contributed by atoms with Gasteiger partial charge >= 0.3 is 0 Å². The first-order valence-electron chi connectivity index (χ1n) is 11.9. The molecule has 1 amide bonds. The van der Waals surface area contributed by atoms with E-state index in [2.05, 4.69) is 73.3 Å². The molecule has 2 atom stereocenters. The Labute approximate surface area is 191 Å². The Hall–Kier alpha value is -2.66. The molecule has 0 bridgehead atoms. The molecular formula is C27H36N4O. The maximum absolute atomic E-state index is 12.7. The third-order valence-electron chi connectivity index (χ3n) is 6.82. The number of carbonyl (C=O) groups excluding carboxylic acids is 1. The van der Waals surface area contributed by atoms with Crippen molar-refractivity contribution in [3.63, 3.8) is 0 Å². The highest BCUT2D eigenvalue weighted by atomic mass is 16.2. The van der Waals surface area contributed by atoms with Gasteiger partial charge < -0.3 is 15.2 Å². The topological polar surface area (TPSA) is 61.0 Å². The molecule has 2 N–H and O–H groups in total. The fraction of sp³-hybridized carbons (Fsp3) is 0.481. The van der Waals surface area contributed by atoms with Gasteiger partial charge in [0.25, 0.3) is 0 Å². The minimum Gasteiger partial charge on any atom is -0.354 e. The Morgan fingerprint density at radius 1 is 1.16 bits per heavy atom. The molecule has 5 heteroatoms. The van der Waals surface area contributed by atoms with Gasteiger partial charge in [0.05, 0.1) is 11.7 Å². The minimum absolute atomic E-state index is 0.136. The van der Waals surface area contributed by atoms with E-state index in [1.165, 1.54) is 33.3 Å². The number of H-pyrrole nitrogens is 1. The van der Waals surface area contributed by atoms with Crippen LogP contribution in [0.15, 0.2) is 30.3 Å². The van der Waals surface area contributed by atoms with Gasteiger partial charge in [-0.3, -0.25) is 9.78 Å². The first-order valence-corrected chi connectivity index (χ1v) is 11.9. The molecule has 3 heterocycles. The van der Waals surface area contributed by atoms with Crippen LogP contribution in [0.5, 0.6) is 0 Å². The number of likely N-dealkylation sites (N-methyl/N-ethyl adjacent to an activating group) is 1. The average molecular weight is 433 g/mol. The maximum Gasteiger partial charge on any atom is 0.239 e. The number of rotatable bonds is 5. The highest BCUT2D eigenvalue weighted by Gasteiger charge is 2.27. The van der Waals surface area contributed by atoms with Crippen molar-refractivity contribution in [1.82, 2.24) is 20.2 Å². The van der Waals surface area contributed by atoms with Gasteiger partial charge in [0, 0.05) is 46.9 Å². The van der Waals surface area contributed by atoms with Crippen LogP contribution in [0.4, 0.5) is 0 Å². The van der Waals surface area contributed by atoms with Gasteiger partial charge in [0.2, 0.25) is 5.91 Å². The second-order valence-electron chi connectivity index (χ2n) is 9.65. The van der Waals surface area contributed by atoms with E-state index in [1.807, 2.05) is 18.9 Å². The van der Waals surface area contributed by atoms with Gasteiger partial charge in [-0.2, -0.15) is 0 Å². The molecule has 1 aromatic carbocycles. The van der Waals surface area contributed by atoms with Gasteiger partial charge in [-0.05, 0) is 82.0 Å². The van der Waals surface area contributed by atoms with E-state index < -0.39 is 0 Å². The Balaban J connectivity index is 1.72. The standard InChI is InChI=1S/C27H36N4O/c1-16(2)25-23-14-20(21-8-7-11-31(15-21)27(32)19(5)28-6)9-10-24(23)30-26(25)22-12-17(3)29-18(4)13-22/h9-10,12-14,16,19,21,28,30H,7-8,11,15H2,1-6H3/t19-,21?/m0/s1. The number of aromatic nitrogens is 2. The molecule has 1 saturated heterocycles. The molecule has 1 fully saturated rings. The molecule has 0 spiro atoms. The molecule has 4 rings (SSSR count). The molecule has 1 aliphatic heterocycles. The van der Waals surface area contributed by atoms with Crippen LogP contribution in [0, 0.1) is 13.8 Å². The monoisotopic (exact) mass is 432 g/mol. The second-order valence-corrected chi connectivity index (χ2v) is 9.65. The Bertz CT molecular complexity index is 1110. The van der Waals surface area contributed by atoms with Crippen LogP contribution < -0.4 is 5.32 Å². The second kappa shape index (κ2) is 9.07. The predicted molar refractivity (Wildman–Crippen MR) is 132 cm³/mol. The van der Waals surface area contributed by atoms with Crippen molar-refractivity contribution in [2.75, 3.05) is 20.1 Å². The number of piperidine rings is 1. The summed E-state index contributed by atoms with van der Waals surface area (Å²) < 4.78 is 0. The molecule has 3 aromatic rings. The average Bonchev–Trinajstić information content (AvgIpc) is 3.16. The normalized spacial score (nSPS) is 17.8. The summed E-state index contributed by atoms with van der Waals surface area (Å²) in [5, 5.41) is 4.38. The minimum atomic E-state index is -0.136. The van der Waals surface area contributed by atoms with Gasteiger partial charge in [-0.15, -0.1) is 0 Å². The predicted octanol–water partition coefficient (Wildman–Crippen LogP) is 5.28. The molecule has 0 radical (unpaired) electrons. The van der Waals surface area contributed by atoms with Crippen molar-refractivity contribution in [3.05, 3.63) is 52.8 Å². The lowest BCUT2D eigenvalue weighted by Crippen LogP contribution is -2.47. The van der Waals surface area contributed by atoms with Crippen molar-refractivity contribution in [2.24, 2.45) is 0 Å². The SMILES string of the molecule is CN[C@@H](C)C(=O)N1CCCC(c2ccc3[nH]c(-c4cc(C)nc(C)c4)c(C(C)C)c3c2)C1. The number of hydrogen-bond acceptors (Lipinski definition) is 3. The molecule has 5 nitrogen and oxygen atoms in total. The van der Waals surface area contributed by atoms with E-state index >= 15 is 0 Å². The Kier molecular flexibility index (Phi) is 6.38. The van der Waals surface area contributed by atoms with Gasteiger partial charge in [0.15, 0.2) is 0 Å². The summed E-state index contributed by atoms with van der Waals surface area (Å²) in [6.07, 6.45) is 2.18. The Morgan fingerprint density at radius 3 is 2.53 bits per heavy atom. The molecule has 0 saturated carbocycles. The van der Waals surface area contributed by atoms with Gasteiger partial charge in [0.1, 0.15) is 0 Å². The summed E-state index contributed by atoms with van der Waals surface area (Å²) in [5.74, 6) is 0.974. The summed E-state index contributed by atoms with van der Waals surface area (Å²) >= 11 is 0. The van der Waals surface area contributed by atoms with Crippen molar-refractivity contribution in [2.45, 2.75) is 65.3 Å². The summed E-state index contributed by atoms with van der Waals surface area (Å²) in [7, 11) is 1.85. The highest BCUT2D eigenvalue weighted by molar-refractivity contribution is 5.92. The number of fused-ring (bicyclic) bond motifs is 1. The van der Waals surface area contributed by atoms with E-state index in [9.17, 15) is 4.79 Å². The summed E-state index contributed by atoms with van der Waals surface area (Å²) in [6, 6.07) is 11.0. The van der Waals surface area contributed by atoms with Crippen molar-refractivity contribution in [3.8, 4) is 11.3 Å². The number of benzene rings is 1. The van der Waals surface area contributed by atoms with Crippen LogP contribution in [0.25, 0.3) is 22.2 Å². The molecule has 2 aromatic heterocycles. The van der Waals surface area contributed by atoms with Gasteiger partial charge in [-0.1, -0.05) is 19.9 Å². The first-order chi connectivity index (χ1) is 15.3. The zero-order valence-electron chi connectivity index (χ0n) is 20.2. The van der Waals surface area contributed by atoms with Gasteiger partial charge in [-0.25, -0.2) is 0 Å². The van der Waals surface area contributed by atoms with Crippen LogP contribution in [0.2, 0.25) is 0 Å². The first kappa shape index (κ1) is 22.5. The third-order valence-corrected chi connectivity index (χ3v) is 6.82. The number of aromatic amines is 1. The number of pyridine rings is 1. The fourth-order valence-electron chi connectivity index (χ4n) is 5.14. The maximum atomic E-state index is 12.7. The molecule has 170 valence electrons. The third kappa shape index (κ3) is 4.31. The highest BCUT2D eigenvalue weighted by Crippen LogP contribution is 2.38. The lowest BCUT2D eigenvalue weighted by atomic mass is 9.88. The number of carbonyl (C=O) groups is 1. The quantitative estimate of drug-likeness (QED) is 0.576. The van der Waals surface area contributed by atoms with E-state index in [-0.39, 0.29) is 11.9 Å². The molecule has 32 heavy (non-hydrogen) atoms. The van der Waals surface area contributed by atoms with Crippen molar-refractivity contribution in [1.29, 1.82) is 0 Å². The number of nitrogens with one attached hydrogen (secondary N) is 2. The summed E-state index contributed by atoms with van der Waals surface area (Å²) in [5.41, 5.74) is 8.35. The largest absolute Gasteiger partial charge is 0.354 e.